The van der Waals surface area contributed by atoms with Gasteiger partial charge in [0.2, 0.25) is 0 Å². The zero-order valence-electron chi connectivity index (χ0n) is 20.6. The summed E-state index contributed by atoms with van der Waals surface area (Å²) >= 11 is 1.62. The highest BCUT2D eigenvalue weighted by Crippen LogP contribution is 2.45. The van der Waals surface area contributed by atoms with Gasteiger partial charge in [0.15, 0.2) is 5.78 Å². The molecule has 4 rings (SSSR count). The zero-order chi connectivity index (χ0) is 24.2. The number of fused-ring (bicyclic) bond motifs is 1. The molecule has 0 atom stereocenters. The maximum absolute atomic E-state index is 12.0. The van der Waals surface area contributed by atoms with Gasteiger partial charge in [0.1, 0.15) is 22.0 Å². The number of carbonyl (C=O) groups excluding carboxylic acids is 1. The van der Waals surface area contributed by atoms with Crippen LogP contribution in [0.1, 0.15) is 49.9 Å². The van der Waals surface area contributed by atoms with E-state index in [-0.39, 0.29) is 5.78 Å². The smallest absolute Gasteiger partial charge is 0.258 e. The number of hydrogen-bond acceptors (Lipinski definition) is 8. The van der Waals surface area contributed by atoms with Gasteiger partial charge < -0.3 is 23.8 Å². The molecule has 0 bridgehead atoms. The van der Waals surface area contributed by atoms with Gasteiger partial charge in [0, 0.05) is 36.7 Å². The van der Waals surface area contributed by atoms with Crippen molar-refractivity contribution < 1.29 is 23.7 Å². The molecule has 2 aromatic heterocycles. The van der Waals surface area contributed by atoms with Crippen molar-refractivity contribution in [1.82, 2.24) is 9.61 Å². The lowest BCUT2D eigenvalue weighted by Gasteiger charge is -2.35. The number of unbranched alkanes of at least 4 members (excludes halogenated alkanes) is 1. The van der Waals surface area contributed by atoms with Crippen LogP contribution in [0.15, 0.2) is 17.5 Å². The Hall–Kier alpha value is -2.78. The zero-order valence-corrected chi connectivity index (χ0v) is 21.4. The van der Waals surface area contributed by atoms with Crippen LogP contribution in [-0.4, -0.2) is 62.5 Å². The first kappa shape index (κ1) is 24.3. The minimum Gasteiger partial charge on any atom is -0.496 e. The molecule has 34 heavy (non-hydrogen) atoms. The predicted octanol–water partition coefficient (Wildman–Crippen LogP) is 5.08. The van der Waals surface area contributed by atoms with Gasteiger partial charge in [-0.15, -0.1) is 16.4 Å². The Bertz CT molecular complexity index is 1120. The molecule has 0 radical (unpaired) electrons. The lowest BCUT2D eigenvalue weighted by Crippen LogP contribution is -2.40. The third-order valence-corrected chi connectivity index (χ3v) is 7.26. The number of nitrogens with zero attached hydrogens (tertiary/aromatic N) is 3. The predicted molar refractivity (Wildman–Crippen MR) is 134 cm³/mol. The third kappa shape index (κ3) is 4.46. The number of carbonyl (C=O) groups is 1. The van der Waals surface area contributed by atoms with E-state index < -0.39 is 0 Å². The van der Waals surface area contributed by atoms with E-state index in [9.17, 15) is 4.79 Å². The van der Waals surface area contributed by atoms with E-state index in [4.69, 9.17) is 24.0 Å². The van der Waals surface area contributed by atoms with Crippen LogP contribution >= 0.6 is 11.3 Å². The van der Waals surface area contributed by atoms with Crippen LogP contribution in [0.5, 0.6) is 17.4 Å². The fourth-order valence-electron chi connectivity index (χ4n) is 4.52. The van der Waals surface area contributed by atoms with Crippen molar-refractivity contribution >= 4 is 27.6 Å². The fraction of sp³-hybridized carbons (Fsp3) is 0.520. The first-order valence-electron chi connectivity index (χ1n) is 11.7. The molecule has 3 aromatic rings. The number of ether oxygens (including phenoxy) is 4. The molecule has 0 aliphatic carbocycles. The van der Waals surface area contributed by atoms with E-state index in [1.807, 2.05) is 4.52 Å². The monoisotopic (exact) mass is 487 g/mol. The van der Waals surface area contributed by atoms with Gasteiger partial charge in [-0.3, -0.25) is 4.79 Å². The van der Waals surface area contributed by atoms with E-state index in [1.165, 1.54) is 6.92 Å². The maximum Gasteiger partial charge on any atom is 0.258 e. The normalized spacial score (nSPS) is 14.4. The van der Waals surface area contributed by atoms with E-state index in [1.54, 1.807) is 44.8 Å². The Kier molecular flexibility index (Phi) is 7.63. The molecule has 0 amide bonds. The molecule has 8 nitrogen and oxygen atoms in total. The fourth-order valence-corrected chi connectivity index (χ4v) is 5.52. The van der Waals surface area contributed by atoms with Gasteiger partial charge in [0.05, 0.1) is 32.6 Å². The van der Waals surface area contributed by atoms with Crippen LogP contribution in [-0.2, 0) is 4.74 Å². The van der Waals surface area contributed by atoms with Gasteiger partial charge in [-0.1, -0.05) is 13.3 Å². The van der Waals surface area contributed by atoms with Crippen molar-refractivity contribution in [3.8, 4) is 28.6 Å². The molecular weight excluding hydrogens is 454 g/mol. The molecule has 1 saturated heterocycles. The summed E-state index contributed by atoms with van der Waals surface area (Å²) < 4.78 is 24.7. The number of ketones is 1. The van der Waals surface area contributed by atoms with Gasteiger partial charge in [-0.25, -0.2) is 4.52 Å². The van der Waals surface area contributed by atoms with E-state index in [2.05, 4.69) is 17.2 Å². The summed E-state index contributed by atoms with van der Waals surface area (Å²) in [7, 11) is 4.86. The number of benzene rings is 1. The molecule has 9 heteroatoms. The van der Waals surface area contributed by atoms with Crippen molar-refractivity contribution in [3.05, 3.63) is 23.1 Å². The second-order valence-corrected chi connectivity index (χ2v) is 9.26. The number of anilines is 1. The Morgan fingerprint density at radius 1 is 1.18 bits per heavy atom. The molecule has 184 valence electrons. The molecule has 0 spiro atoms. The topological polar surface area (TPSA) is 74.5 Å². The van der Waals surface area contributed by atoms with Gasteiger partial charge in [0.25, 0.3) is 5.88 Å². The standard InChI is InChI=1S/C25H33N3O5S/c1-6-7-10-27(18-8-11-33-12-9-18)23-24(32-5)26-28-19(15-34-25(23)28)22-20(30-3)13-17(16(2)29)14-21(22)31-4/h13-15,18H,6-12H2,1-5H3. The van der Waals surface area contributed by atoms with E-state index in [0.29, 0.717) is 29.0 Å². The van der Waals surface area contributed by atoms with Gasteiger partial charge in [-0.2, -0.15) is 0 Å². The molecule has 0 N–H and O–H groups in total. The van der Waals surface area contributed by atoms with Crippen molar-refractivity contribution in [3.63, 3.8) is 0 Å². The van der Waals surface area contributed by atoms with Gasteiger partial charge in [-0.05, 0) is 38.3 Å². The Morgan fingerprint density at radius 2 is 1.85 bits per heavy atom. The highest BCUT2D eigenvalue weighted by atomic mass is 32.1. The SMILES string of the molecule is CCCCN(c1c(OC)nn2c(-c3c(OC)cc(C(C)=O)cc3OC)csc12)C1CCOCC1. The van der Waals surface area contributed by atoms with Crippen LogP contribution < -0.4 is 19.1 Å². The molecule has 1 fully saturated rings. The van der Waals surface area contributed by atoms with Crippen LogP contribution in [0.4, 0.5) is 5.69 Å². The van der Waals surface area contributed by atoms with Crippen LogP contribution in [0.3, 0.4) is 0 Å². The van der Waals surface area contributed by atoms with Crippen molar-refractivity contribution in [2.75, 3.05) is 46.0 Å². The number of Topliss-reactive ketones (excluding diaryl/α,β-unsaturated/α-hetero) is 1. The highest BCUT2D eigenvalue weighted by molar-refractivity contribution is 7.16. The van der Waals surface area contributed by atoms with Crippen LogP contribution in [0.25, 0.3) is 16.1 Å². The quantitative estimate of drug-likeness (QED) is 0.369. The minimum atomic E-state index is -0.0512. The molecule has 1 aliphatic heterocycles. The molecule has 1 aliphatic rings. The number of hydrogen-bond donors (Lipinski definition) is 0. The minimum absolute atomic E-state index is 0.0512. The lowest BCUT2D eigenvalue weighted by molar-refractivity contribution is 0.0843. The summed E-state index contributed by atoms with van der Waals surface area (Å²) in [5.74, 6) is 1.68. The molecular formula is C25H33N3O5S. The van der Waals surface area contributed by atoms with Crippen molar-refractivity contribution in [2.45, 2.75) is 45.6 Å². The van der Waals surface area contributed by atoms with Crippen molar-refractivity contribution in [2.24, 2.45) is 0 Å². The van der Waals surface area contributed by atoms with E-state index in [0.717, 1.165) is 67.2 Å². The lowest BCUT2D eigenvalue weighted by atomic mass is 10.0. The van der Waals surface area contributed by atoms with Crippen molar-refractivity contribution in [1.29, 1.82) is 0 Å². The Morgan fingerprint density at radius 3 is 2.41 bits per heavy atom. The first-order chi connectivity index (χ1) is 16.5. The summed E-state index contributed by atoms with van der Waals surface area (Å²) in [6, 6.07) is 3.88. The Labute approximate surface area is 204 Å². The number of aromatic nitrogens is 2. The average Bonchev–Trinajstić information content (AvgIpc) is 3.43. The summed E-state index contributed by atoms with van der Waals surface area (Å²) in [6.07, 6.45) is 4.16. The molecule has 1 aromatic carbocycles. The molecule has 3 heterocycles. The molecule has 0 unspecified atom stereocenters. The number of methoxy groups -OCH3 is 3. The van der Waals surface area contributed by atoms with E-state index >= 15 is 0 Å². The largest absolute Gasteiger partial charge is 0.496 e. The summed E-state index contributed by atoms with van der Waals surface area (Å²) in [4.78, 5) is 15.5. The highest BCUT2D eigenvalue weighted by Gasteiger charge is 2.30. The second-order valence-electron chi connectivity index (χ2n) is 8.40. The summed E-state index contributed by atoms with van der Waals surface area (Å²) in [6.45, 7) is 6.22. The average molecular weight is 488 g/mol. The summed E-state index contributed by atoms with van der Waals surface area (Å²) in [5.41, 5.74) is 3.14. The van der Waals surface area contributed by atoms with Crippen LogP contribution in [0.2, 0.25) is 0 Å². The second kappa shape index (κ2) is 10.7. The Balaban J connectivity index is 1.88. The first-order valence-corrected chi connectivity index (χ1v) is 12.6. The third-order valence-electron chi connectivity index (χ3n) is 6.33. The molecule has 0 saturated carbocycles. The summed E-state index contributed by atoms with van der Waals surface area (Å²) in [5, 5.41) is 6.91. The number of rotatable bonds is 10. The maximum atomic E-state index is 12.0. The van der Waals surface area contributed by atoms with Gasteiger partial charge >= 0.3 is 0 Å². The van der Waals surface area contributed by atoms with Crippen LogP contribution in [0, 0.1) is 0 Å². The number of thiazole rings is 1.